The highest BCUT2D eigenvalue weighted by Gasteiger charge is 2.47. The van der Waals surface area contributed by atoms with Crippen LogP contribution in [-0.4, -0.2) is 11.7 Å². The summed E-state index contributed by atoms with van der Waals surface area (Å²) >= 11 is 4.47. The first-order valence-corrected chi connectivity index (χ1v) is 8.46. The van der Waals surface area contributed by atoms with Crippen LogP contribution >= 0.6 is 27.7 Å². The van der Waals surface area contributed by atoms with Crippen LogP contribution in [0.2, 0.25) is 0 Å². The normalized spacial score (nSPS) is 19.4. The van der Waals surface area contributed by atoms with E-state index in [0.717, 1.165) is 32.9 Å². The van der Waals surface area contributed by atoms with Crippen molar-refractivity contribution in [2.45, 2.75) is 12.5 Å². The van der Waals surface area contributed by atoms with E-state index in [9.17, 15) is 4.79 Å². The molecule has 110 valence electrons. The number of carbonyl (C=O) groups is 1. The average molecular weight is 374 g/mol. The standard InChI is InChI=1S/C17H12BrNO2S/c1-11-2-4-12(5-3-11)17(9-22-10-19)15-7-6-13(18)8-14(15)16(20)21-17/h2-8H,9H2,1H3. The van der Waals surface area contributed by atoms with Crippen LogP contribution in [0, 0.1) is 17.6 Å². The zero-order valence-corrected chi connectivity index (χ0v) is 14.2. The third kappa shape index (κ3) is 2.43. The first-order chi connectivity index (χ1) is 10.6. The molecule has 1 heterocycles. The minimum atomic E-state index is -0.902. The van der Waals surface area contributed by atoms with Gasteiger partial charge in [0.15, 0.2) is 5.60 Å². The third-order valence-corrected chi connectivity index (χ3v) is 4.93. The van der Waals surface area contributed by atoms with Gasteiger partial charge in [0.2, 0.25) is 0 Å². The van der Waals surface area contributed by atoms with E-state index < -0.39 is 5.60 Å². The summed E-state index contributed by atoms with van der Waals surface area (Å²) in [6.45, 7) is 2.01. The smallest absolute Gasteiger partial charge is 0.339 e. The molecule has 0 saturated heterocycles. The molecule has 3 rings (SSSR count). The summed E-state index contributed by atoms with van der Waals surface area (Å²) in [6, 6.07) is 13.4. The third-order valence-electron chi connectivity index (χ3n) is 3.76. The van der Waals surface area contributed by atoms with E-state index >= 15 is 0 Å². The van der Waals surface area contributed by atoms with Gasteiger partial charge in [-0.05, 0) is 30.8 Å². The Labute approximate surface area is 141 Å². The number of aryl methyl sites for hydroxylation is 1. The molecule has 5 heteroatoms. The fourth-order valence-electron chi connectivity index (χ4n) is 2.67. The molecule has 0 amide bonds. The Morgan fingerprint density at radius 3 is 2.68 bits per heavy atom. The molecule has 1 aliphatic rings. The number of fused-ring (bicyclic) bond motifs is 1. The van der Waals surface area contributed by atoms with Gasteiger partial charge in [0, 0.05) is 15.6 Å². The van der Waals surface area contributed by atoms with Gasteiger partial charge in [0.25, 0.3) is 0 Å². The van der Waals surface area contributed by atoms with Gasteiger partial charge in [0.1, 0.15) is 5.40 Å². The van der Waals surface area contributed by atoms with Crippen molar-refractivity contribution in [3.05, 3.63) is 69.2 Å². The van der Waals surface area contributed by atoms with Gasteiger partial charge in [-0.25, -0.2) is 4.79 Å². The minimum absolute atomic E-state index is 0.351. The molecule has 2 aromatic carbocycles. The average Bonchev–Trinajstić information content (AvgIpc) is 2.79. The second-order valence-corrected chi connectivity index (χ2v) is 6.83. The number of thiocyanates is 1. The minimum Gasteiger partial charge on any atom is -0.445 e. The molecule has 0 aliphatic carbocycles. The van der Waals surface area contributed by atoms with Gasteiger partial charge in [-0.3, -0.25) is 0 Å². The number of hydrogen-bond donors (Lipinski definition) is 0. The van der Waals surface area contributed by atoms with Gasteiger partial charge < -0.3 is 4.74 Å². The van der Waals surface area contributed by atoms with Crippen LogP contribution in [0.4, 0.5) is 0 Å². The highest BCUT2D eigenvalue weighted by Crippen LogP contribution is 2.44. The van der Waals surface area contributed by atoms with E-state index in [2.05, 4.69) is 21.3 Å². The molecule has 0 spiro atoms. The lowest BCUT2D eigenvalue weighted by molar-refractivity contribution is 0.0198. The van der Waals surface area contributed by atoms with E-state index in [0.29, 0.717) is 11.3 Å². The Bertz CT molecular complexity index is 782. The van der Waals surface area contributed by atoms with Crippen molar-refractivity contribution < 1.29 is 9.53 Å². The lowest BCUT2D eigenvalue weighted by Gasteiger charge is -2.28. The molecule has 0 bridgehead atoms. The van der Waals surface area contributed by atoms with Crippen molar-refractivity contribution in [2.24, 2.45) is 0 Å². The number of benzene rings is 2. The molecule has 1 aliphatic heterocycles. The molecule has 22 heavy (non-hydrogen) atoms. The summed E-state index contributed by atoms with van der Waals surface area (Å²) in [4.78, 5) is 12.3. The Morgan fingerprint density at radius 1 is 1.27 bits per heavy atom. The van der Waals surface area contributed by atoms with Gasteiger partial charge >= 0.3 is 5.97 Å². The van der Waals surface area contributed by atoms with E-state index in [1.165, 1.54) is 0 Å². The van der Waals surface area contributed by atoms with Gasteiger partial charge in [-0.1, -0.05) is 51.8 Å². The number of esters is 1. The summed E-state index contributed by atoms with van der Waals surface area (Å²) in [6.07, 6.45) is 0. The number of ether oxygens (including phenoxy) is 1. The predicted molar refractivity (Wildman–Crippen MR) is 89.6 cm³/mol. The molecule has 1 unspecified atom stereocenters. The van der Waals surface area contributed by atoms with E-state index in [4.69, 9.17) is 10.00 Å². The number of rotatable bonds is 3. The molecule has 2 aromatic rings. The summed E-state index contributed by atoms with van der Waals surface area (Å²) in [5.41, 5.74) is 2.48. The van der Waals surface area contributed by atoms with Crippen LogP contribution in [-0.2, 0) is 10.3 Å². The molecular formula is C17H12BrNO2S. The molecular weight excluding hydrogens is 362 g/mol. The summed E-state index contributed by atoms with van der Waals surface area (Å²) in [7, 11) is 0. The Balaban J connectivity index is 2.19. The maximum absolute atomic E-state index is 12.3. The topological polar surface area (TPSA) is 50.1 Å². The zero-order valence-electron chi connectivity index (χ0n) is 11.8. The molecule has 0 saturated carbocycles. The van der Waals surface area contributed by atoms with Gasteiger partial charge in [-0.2, -0.15) is 5.26 Å². The lowest BCUT2D eigenvalue weighted by atomic mass is 9.87. The maximum Gasteiger partial charge on any atom is 0.339 e. The molecule has 1 atom stereocenters. The fraction of sp³-hybridized carbons (Fsp3) is 0.176. The number of cyclic esters (lactones) is 1. The second kappa shape index (κ2) is 5.79. The maximum atomic E-state index is 12.3. The monoisotopic (exact) mass is 373 g/mol. The van der Waals surface area contributed by atoms with Crippen LogP contribution in [0.3, 0.4) is 0 Å². The van der Waals surface area contributed by atoms with Crippen LogP contribution in [0.25, 0.3) is 0 Å². The van der Waals surface area contributed by atoms with Crippen molar-refractivity contribution in [2.75, 3.05) is 5.75 Å². The largest absolute Gasteiger partial charge is 0.445 e. The van der Waals surface area contributed by atoms with E-state index in [1.54, 1.807) is 6.07 Å². The Morgan fingerprint density at radius 2 is 2.00 bits per heavy atom. The molecule has 3 nitrogen and oxygen atoms in total. The SMILES string of the molecule is Cc1ccc(C2(CSC#N)OC(=O)c3cc(Br)ccc32)cc1. The van der Waals surface area contributed by atoms with Crippen molar-refractivity contribution >= 4 is 33.7 Å². The first kappa shape index (κ1) is 15.1. The highest BCUT2D eigenvalue weighted by molar-refractivity contribution is 9.10. The molecule has 0 fully saturated rings. The molecule has 0 N–H and O–H groups in total. The number of nitriles is 1. The number of carbonyl (C=O) groups excluding carboxylic acids is 1. The second-order valence-electron chi connectivity index (χ2n) is 5.15. The van der Waals surface area contributed by atoms with E-state index in [1.807, 2.05) is 43.3 Å². The lowest BCUT2D eigenvalue weighted by Crippen LogP contribution is -2.30. The summed E-state index contributed by atoms with van der Waals surface area (Å²) in [5.74, 6) is 0.0165. The van der Waals surface area contributed by atoms with Crippen LogP contribution in [0.1, 0.15) is 27.0 Å². The molecule has 0 aromatic heterocycles. The van der Waals surface area contributed by atoms with Gasteiger partial charge in [-0.15, -0.1) is 0 Å². The van der Waals surface area contributed by atoms with Crippen molar-refractivity contribution in [3.8, 4) is 5.40 Å². The number of thioether (sulfide) groups is 1. The van der Waals surface area contributed by atoms with Gasteiger partial charge in [0.05, 0.1) is 11.3 Å². The van der Waals surface area contributed by atoms with Crippen molar-refractivity contribution in [1.29, 1.82) is 5.26 Å². The number of nitrogens with zero attached hydrogens (tertiary/aromatic N) is 1. The number of hydrogen-bond acceptors (Lipinski definition) is 4. The first-order valence-electron chi connectivity index (χ1n) is 6.68. The zero-order chi connectivity index (χ0) is 15.7. The Kier molecular flexibility index (Phi) is 3.98. The summed E-state index contributed by atoms with van der Waals surface area (Å²) in [5, 5.41) is 11.0. The summed E-state index contributed by atoms with van der Waals surface area (Å²) < 4.78 is 6.60. The van der Waals surface area contributed by atoms with Crippen LogP contribution in [0.5, 0.6) is 0 Å². The number of halogens is 1. The van der Waals surface area contributed by atoms with Crippen LogP contribution < -0.4 is 0 Å². The van der Waals surface area contributed by atoms with Crippen molar-refractivity contribution in [1.82, 2.24) is 0 Å². The predicted octanol–water partition coefficient (Wildman–Crippen LogP) is 4.39. The quantitative estimate of drug-likeness (QED) is 0.591. The van der Waals surface area contributed by atoms with Crippen LogP contribution in [0.15, 0.2) is 46.9 Å². The van der Waals surface area contributed by atoms with Crippen molar-refractivity contribution in [3.63, 3.8) is 0 Å². The fourth-order valence-corrected chi connectivity index (χ4v) is 3.68. The Hall–Kier alpha value is -1.77. The van der Waals surface area contributed by atoms with E-state index in [-0.39, 0.29) is 5.97 Å². The highest BCUT2D eigenvalue weighted by atomic mass is 79.9. The molecule has 0 radical (unpaired) electrons.